The summed E-state index contributed by atoms with van der Waals surface area (Å²) in [5.41, 5.74) is -0.277. The van der Waals surface area contributed by atoms with E-state index in [1.165, 1.54) is 0 Å². The van der Waals surface area contributed by atoms with Gasteiger partial charge in [0.15, 0.2) is 0 Å². The van der Waals surface area contributed by atoms with E-state index >= 15 is 0 Å². The lowest BCUT2D eigenvalue weighted by Gasteiger charge is -2.28. The van der Waals surface area contributed by atoms with Crippen LogP contribution in [0.4, 0.5) is 15.8 Å². The molecule has 114 valence electrons. The van der Waals surface area contributed by atoms with Gasteiger partial charge in [-0.2, -0.15) is 0 Å². The Kier molecular flexibility index (Phi) is 4.85. The van der Waals surface area contributed by atoms with Gasteiger partial charge < -0.3 is 10.6 Å². The summed E-state index contributed by atoms with van der Waals surface area (Å²) in [7, 11) is 0. The maximum absolute atomic E-state index is 13.3. The topological polar surface area (TPSA) is 84.3 Å². The summed E-state index contributed by atoms with van der Waals surface area (Å²) in [6.07, 6.45) is 2.77. The molecule has 1 saturated heterocycles. The number of piperidine rings is 1. The van der Waals surface area contributed by atoms with Crippen LogP contribution in [0.2, 0.25) is 0 Å². The molecule has 0 aliphatic carbocycles. The third-order valence-electron chi connectivity index (χ3n) is 3.77. The molecule has 6 nitrogen and oxygen atoms in total. The van der Waals surface area contributed by atoms with E-state index in [1.807, 2.05) is 0 Å². The van der Waals surface area contributed by atoms with E-state index in [2.05, 4.69) is 17.6 Å². The summed E-state index contributed by atoms with van der Waals surface area (Å²) in [5.74, 6) is -0.542. The summed E-state index contributed by atoms with van der Waals surface area (Å²) >= 11 is 0. The molecule has 1 fully saturated rings. The molecule has 0 bridgehead atoms. The van der Waals surface area contributed by atoms with E-state index in [9.17, 15) is 19.3 Å². The van der Waals surface area contributed by atoms with Gasteiger partial charge in [0.2, 0.25) is 5.91 Å². The second kappa shape index (κ2) is 6.62. The molecule has 1 heterocycles. The van der Waals surface area contributed by atoms with Crippen molar-refractivity contribution in [3.63, 3.8) is 0 Å². The lowest BCUT2D eigenvalue weighted by molar-refractivity contribution is -0.385. The van der Waals surface area contributed by atoms with Gasteiger partial charge in [0.05, 0.1) is 22.7 Å². The number of hydrogen-bond donors (Lipinski definition) is 2. The minimum atomic E-state index is -0.748. The number of carbonyl (C=O) groups is 1. The number of anilines is 1. The van der Waals surface area contributed by atoms with Gasteiger partial charge in [0.25, 0.3) is 5.69 Å². The predicted octanol–water partition coefficient (Wildman–Crippen LogP) is 2.45. The van der Waals surface area contributed by atoms with Crippen molar-refractivity contribution in [2.24, 2.45) is 5.92 Å². The van der Waals surface area contributed by atoms with Crippen molar-refractivity contribution in [3.8, 4) is 0 Å². The zero-order valence-corrected chi connectivity index (χ0v) is 11.8. The molecule has 0 saturated carbocycles. The van der Waals surface area contributed by atoms with Crippen LogP contribution < -0.4 is 10.6 Å². The summed E-state index contributed by atoms with van der Waals surface area (Å²) in [5, 5.41) is 16.4. The second-order valence-electron chi connectivity index (χ2n) is 5.25. The van der Waals surface area contributed by atoms with Crippen LogP contribution in [0.3, 0.4) is 0 Å². The van der Waals surface area contributed by atoms with Crippen LogP contribution in [0.25, 0.3) is 0 Å². The second-order valence-corrected chi connectivity index (χ2v) is 5.25. The van der Waals surface area contributed by atoms with Crippen molar-refractivity contribution in [1.82, 2.24) is 5.32 Å². The van der Waals surface area contributed by atoms with E-state index in [0.29, 0.717) is 5.92 Å². The largest absolute Gasteiger partial charge is 0.324 e. The van der Waals surface area contributed by atoms with E-state index in [4.69, 9.17) is 0 Å². The average Bonchev–Trinajstić information content (AvgIpc) is 2.46. The van der Waals surface area contributed by atoms with E-state index in [-0.39, 0.29) is 23.3 Å². The number of halogens is 1. The van der Waals surface area contributed by atoms with Gasteiger partial charge in [-0.1, -0.05) is 13.3 Å². The molecular formula is C14H18FN3O3. The van der Waals surface area contributed by atoms with Gasteiger partial charge in [-0.15, -0.1) is 0 Å². The van der Waals surface area contributed by atoms with Gasteiger partial charge in [-0.3, -0.25) is 14.9 Å². The highest BCUT2D eigenvalue weighted by Gasteiger charge is 2.26. The molecule has 1 aromatic rings. The Morgan fingerprint density at radius 1 is 1.52 bits per heavy atom. The van der Waals surface area contributed by atoms with Crippen LogP contribution in [-0.4, -0.2) is 23.4 Å². The minimum Gasteiger partial charge on any atom is -0.324 e. The van der Waals surface area contributed by atoms with Crippen molar-refractivity contribution >= 4 is 17.3 Å². The molecule has 21 heavy (non-hydrogen) atoms. The van der Waals surface area contributed by atoms with E-state index in [1.54, 1.807) is 0 Å². The van der Waals surface area contributed by atoms with Gasteiger partial charge in [-0.05, 0) is 31.4 Å². The number of rotatable bonds is 4. The third-order valence-corrected chi connectivity index (χ3v) is 3.77. The molecule has 2 atom stereocenters. The number of nitro benzene ring substituents is 1. The first-order chi connectivity index (χ1) is 9.99. The molecule has 2 unspecified atom stereocenters. The quantitative estimate of drug-likeness (QED) is 0.660. The fourth-order valence-corrected chi connectivity index (χ4v) is 2.55. The Bertz CT molecular complexity index is 550. The molecule has 0 spiro atoms. The molecule has 0 aromatic heterocycles. The fourth-order valence-electron chi connectivity index (χ4n) is 2.55. The number of carbonyl (C=O) groups excluding carboxylic acids is 1. The van der Waals surface area contributed by atoms with Crippen LogP contribution in [0.1, 0.15) is 26.2 Å². The molecule has 1 aliphatic rings. The third kappa shape index (κ3) is 3.98. The molecule has 2 rings (SSSR count). The van der Waals surface area contributed by atoms with Crippen molar-refractivity contribution < 1.29 is 14.1 Å². The molecular weight excluding hydrogens is 277 g/mol. The predicted molar refractivity (Wildman–Crippen MR) is 76.5 cm³/mol. The SMILES string of the molecule is CCC1CCNC(C(=O)Nc2cc(F)cc([N+](=O)[O-])c2)C1. The highest BCUT2D eigenvalue weighted by molar-refractivity contribution is 5.95. The maximum atomic E-state index is 13.3. The lowest BCUT2D eigenvalue weighted by atomic mass is 9.90. The monoisotopic (exact) mass is 295 g/mol. The van der Waals surface area contributed by atoms with Gasteiger partial charge in [-0.25, -0.2) is 4.39 Å². The Hall–Kier alpha value is -2.02. The van der Waals surface area contributed by atoms with Crippen molar-refractivity contribution in [2.75, 3.05) is 11.9 Å². The Morgan fingerprint density at radius 2 is 2.29 bits per heavy atom. The maximum Gasteiger partial charge on any atom is 0.274 e. The van der Waals surface area contributed by atoms with Crippen LogP contribution in [0, 0.1) is 21.8 Å². The Morgan fingerprint density at radius 3 is 2.95 bits per heavy atom. The first kappa shape index (κ1) is 15.4. The standard InChI is InChI=1S/C14H18FN3O3/c1-2-9-3-4-16-13(5-9)14(19)17-11-6-10(15)7-12(8-11)18(20)21/h6-9,13,16H,2-5H2,1H3,(H,17,19). The molecule has 1 aromatic carbocycles. The summed E-state index contributed by atoms with van der Waals surface area (Å²) < 4.78 is 13.3. The Labute approximate surface area is 121 Å². The highest BCUT2D eigenvalue weighted by Crippen LogP contribution is 2.22. The van der Waals surface area contributed by atoms with E-state index < -0.39 is 10.7 Å². The number of nitrogens with one attached hydrogen (secondary N) is 2. The number of nitro groups is 1. The highest BCUT2D eigenvalue weighted by atomic mass is 19.1. The molecule has 7 heteroatoms. The van der Waals surface area contributed by atoms with Crippen LogP contribution in [0.15, 0.2) is 18.2 Å². The number of non-ortho nitro benzene ring substituents is 1. The van der Waals surface area contributed by atoms with E-state index in [0.717, 1.165) is 44.0 Å². The van der Waals surface area contributed by atoms with Crippen molar-refractivity contribution in [1.29, 1.82) is 0 Å². The van der Waals surface area contributed by atoms with Gasteiger partial charge in [0.1, 0.15) is 5.82 Å². The number of hydrogen-bond acceptors (Lipinski definition) is 4. The van der Waals surface area contributed by atoms with Crippen molar-refractivity contribution in [2.45, 2.75) is 32.2 Å². The first-order valence-corrected chi connectivity index (χ1v) is 6.98. The van der Waals surface area contributed by atoms with Gasteiger partial charge >= 0.3 is 0 Å². The molecule has 0 radical (unpaired) electrons. The zero-order valence-electron chi connectivity index (χ0n) is 11.8. The summed E-state index contributed by atoms with van der Waals surface area (Å²) in [4.78, 5) is 22.2. The van der Waals surface area contributed by atoms with Crippen LogP contribution in [0.5, 0.6) is 0 Å². The average molecular weight is 295 g/mol. The minimum absolute atomic E-state index is 0.104. The number of amides is 1. The summed E-state index contributed by atoms with van der Waals surface area (Å²) in [6, 6.07) is 2.71. The smallest absolute Gasteiger partial charge is 0.274 e. The first-order valence-electron chi connectivity index (χ1n) is 6.98. The molecule has 1 amide bonds. The molecule has 2 N–H and O–H groups in total. The zero-order chi connectivity index (χ0) is 15.4. The van der Waals surface area contributed by atoms with Crippen molar-refractivity contribution in [3.05, 3.63) is 34.1 Å². The van der Waals surface area contributed by atoms with Gasteiger partial charge in [0, 0.05) is 6.07 Å². The summed E-state index contributed by atoms with van der Waals surface area (Å²) in [6.45, 7) is 2.85. The fraction of sp³-hybridized carbons (Fsp3) is 0.500. The number of nitrogens with zero attached hydrogens (tertiary/aromatic N) is 1. The Balaban J connectivity index is 2.07. The number of benzene rings is 1. The normalized spacial score (nSPS) is 21.8. The molecule has 1 aliphatic heterocycles. The lowest BCUT2D eigenvalue weighted by Crippen LogP contribution is -2.46. The van der Waals surface area contributed by atoms with Crippen LogP contribution >= 0.6 is 0 Å². The van der Waals surface area contributed by atoms with Crippen LogP contribution in [-0.2, 0) is 4.79 Å².